The highest BCUT2D eigenvalue weighted by molar-refractivity contribution is 6.30. The summed E-state index contributed by atoms with van der Waals surface area (Å²) in [6.45, 7) is 8.89. The molecule has 1 aliphatic heterocycles. The minimum Gasteiger partial charge on any atom is -0.368 e. The number of nitrogens with zero attached hydrogens (tertiary/aromatic N) is 4. The number of halogens is 1. The van der Waals surface area contributed by atoms with E-state index in [1.165, 1.54) is 16.8 Å². The maximum atomic E-state index is 12.3. The van der Waals surface area contributed by atoms with Gasteiger partial charge in [-0.2, -0.15) is 5.10 Å². The number of nitrogens with one attached hydrogen (secondary N) is 1. The number of anilines is 1. The molecule has 2 heterocycles. The number of benzene rings is 1. The molecule has 1 aromatic carbocycles. The van der Waals surface area contributed by atoms with Crippen molar-refractivity contribution in [3.8, 4) is 0 Å². The zero-order valence-corrected chi connectivity index (χ0v) is 16.2. The molecule has 0 spiro atoms. The Kier molecular flexibility index (Phi) is 6.04. The number of carbonyl (C=O) groups is 1. The lowest BCUT2D eigenvalue weighted by Gasteiger charge is -2.37. The highest BCUT2D eigenvalue weighted by Gasteiger charge is 2.21. The molecule has 7 heteroatoms. The Morgan fingerprint density at radius 1 is 1.23 bits per heavy atom. The number of aryl methyl sites for hydroxylation is 2. The molecule has 0 atom stereocenters. The minimum absolute atomic E-state index is 0.0177. The van der Waals surface area contributed by atoms with Crippen molar-refractivity contribution in [3.05, 3.63) is 46.7 Å². The van der Waals surface area contributed by atoms with Gasteiger partial charge in [0.25, 0.3) is 0 Å². The van der Waals surface area contributed by atoms with Crippen LogP contribution < -0.4 is 10.2 Å². The van der Waals surface area contributed by atoms with Crippen LogP contribution in [-0.4, -0.2) is 53.4 Å². The first kappa shape index (κ1) is 18.6. The van der Waals surface area contributed by atoms with E-state index >= 15 is 0 Å². The van der Waals surface area contributed by atoms with Crippen LogP contribution in [0.1, 0.15) is 17.5 Å². The van der Waals surface area contributed by atoms with E-state index in [1.54, 1.807) is 17.1 Å². The van der Waals surface area contributed by atoms with Crippen molar-refractivity contribution in [1.82, 2.24) is 20.0 Å². The summed E-state index contributed by atoms with van der Waals surface area (Å²) in [6.07, 6.45) is 4.23. The second kappa shape index (κ2) is 8.45. The second-order valence-corrected chi connectivity index (χ2v) is 7.14. The van der Waals surface area contributed by atoms with Crippen molar-refractivity contribution in [2.24, 2.45) is 0 Å². The second-order valence-electron chi connectivity index (χ2n) is 6.70. The smallest absolute Gasteiger partial charge is 0.317 e. The van der Waals surface area contributed by atoms with Crippen molar-refractivity contribution < 1.29 is 4.79 Å². The van der Waals surface area contributed by atoms with Gasteiger partial charge in [-0.15, -0.1) is 0 Å². The van der Waals surface area contributed by atoms with Gasteiger partial charge in [0.2, 0.25) is 0 Å². The Balaban J connectivity index is 1.41. The molecule has 3 rings (SSSR count). The van der Waals surface area contributed by atoms with E-state index in [0.717, 1.165) is 39.1 Å². The molecule has 0 unspecified atom stereocenters. The van der Waals surface area contributed by atoms with Crippen LogP contribution in [0.15, 0.2) is 30.6 Å². The maximum Gasteiger partial charge on any atom is 0.317 e. The Labute approximate surface area is 159 Å². The highest BCUT2D eigenvalue weighted by atomic mass is 35.5. The molecule has 6 nitrogen and oxygen atoms in total. The van der Waals surface area contributed by atoms with Crippen molar-refractivity contribution in [3.63, 3.8) is 0 Å². The molecular formula is C19H26ClN5O. The molecule has 0 bridgehead atoms. The highest BCUT2D eigenvalue weighted by Crippen LogP contribution is 2.23. The molecule has 0 radical (unpaired) electrons. The largest absolute Gasteiger partial charge is 0.368 e. The summed E-state index contributed by atoms with van der Waals surface area (Å²) in [5.41, 5.74) is 3.91. The van der Waals surface area contributed by atoms with Gasteiger partial charge in [-0.25, -0.2) is 4.79 Å². The van der Waals surface area contributed by atoms with E-state index in [4.69, 9.17) is 11.6 Å². The summed E-state index contributed by atoms with van der Waals surface area (Å²) < 4.78 is 1.79. The first-order chi connectivity index (χ1) is 12.5. The van der Waals surface area contributed by atoms with E-state index < -0.39 is 0 Å². The van der Waals surface area contributed by atoms with Gasteiger partial charge in [0.05, 0.1) is 11.2 Å². The molecule has 1 aliphatic rings. The van der Waals surface area contributed by atoms with Gasteiger partial charge in [0.15, 0.2) is 0 Å². The SMILES string of the molecule is Cc1cccc(N2CCN(C(=O)NCCCn3cc(Cl)cn3)CC2)c1C. The Bertz CT molecular complexity index is 752. The number of carbonyl (C=O) groups excluding carboxylic acids is 1. The predicted octanol–water partition coefficient (Wildman–Crippen LogP) is 3.08. The summed E-state index contributed by atoms with van der Waals surface area (Å²) in [4.78, 5) is 16.6. The Hall–Kier alpha value is -2.21. The zero-order chi connectivity index (χ0) is 18.5. The molecule has 0 saturated carbocycles. The quantitative estimate of drug-likeness (QED) is 0.817. The van der Waals surface area contributed by atoms with Gasteiger partial charge in [0.1, 0.15) is 0 Å². The van der Waals surface area contributed by atoms with Crippen molar-refractivity contribution in [2.45, 2.75) is 26.8 Å². The zero-order valence-electron chi connectivity index (χ0n) is 15.4. The lowest BCUT2D eigenvalue weighted by atomic mass is 10.1. The van der Waals surface area contributed by atoms with E-state index in [1.807, 2.05) is 4.90 Å². The third-order valence-corrected chi connectivity index (χ3v) is 5.12. The Morgan fingerprint density at radius 3 is 2.69 bits per heavy atom. The third-order valence-electron chi connectivity index (χ3n) is 4.93. The summed E-state index contributed by atoms with van der Waals surface area (Å²) in [6, 6.07) is 6.42. The number of urea groups is 1. The van der Waals surface area contributed by atoms with Crippen molar-refractivity contribution >= 4 is 23.3 Å². The van der Waals surface area contributed by atoms with Crippen LogP contribution in [0.4, 0.5) is 10.5 Å². The lowest BCUT2D eigenvalue weighted by molar-refractivity contribution is 0.194. The molecule has 1 N–H and O–H groups in total. The van der Waals surface area contributed by atoms with Crippen LogP contribution in [-0.2, 0) is 6.54 Å². The fourth-order valence-corrected chi connectivity index (χ4v) is 3.39. The number of piperazine rings is 1. The maximum absolute atomic E-state index is 12.3. The molecule has 1 fully saturated rings. The monoisotopic (exact) mass is 375 g/mol. The number of amides is 2. The van der Waals surface area contributed by atoms with Crippen LogP contribution in [0, 0.1) is 13.8 Å². The number of aromatic nitrogens is 2. The molecule has 2 aromatic rings. The van der Waals surface area contributed by atoms with E-state index in [0.29, 0.717) is 11.6 Å². The van der Waals surface area contributed by atoms with Crippen LogP contribution >= 0.6 is 11.6 Å². The molecule has 26 heavy (non-hydrogen) atoms. The number of hydrogen-bond acceptors (Lipinski definition) is 3. The summed E-state index contributed by atoms with van der Waals surface area (Å²) >= 11 is 5.84. The Morgan fingerprint density at radius 2 is 2.00 bits per heavy atom. The fraction of sp³-hybridized carbons (Fsp3) is 0.474. The lowest BCUT2D eigenvalue weighted by Crippen LogP contribution is -2.52. The average molecular weight is 376 g/mol. The summed E-state index contributed by atoms with van der Waals surface area (Å²) in [5.74, 6) is 0. The van der Waals surface area contributed by atoms with Gasteiger partial charge in [-0.05, 0) is 37.5 Å². The number of rotatable bonds is 5. The van der Waals surface area contributed by atoms with Crippen LogP contribution in [0.3, 0.4) is 0 Å². The molecule has 1 saturated heterocycles. The summed E-state index contributed by atoms with van der Waals surface area (Å²) in [5, 5.41) is 7.76. The summed E-state index contributed by atoms with van der Waals surface area (Å²) in [7, 11) is 0. The molecule has 140 valence electrons. The standard InChI is InChI=1S/C19H26ClN5O/c1-15-5-3-6-18(16(15)2)23-9-11-24(12-10-23)19(26)21-7-4-8-25-14-17(20)13-22-25/h3,5-6,13-14H,4,7-12H2,1-2H3,(H,21,26). The predicted molar refractivity (Wildman–Crippen MR) is 105 cm³/mol. The van der Waals surface area contributed by atoms with Gasteiger partial charge >= 0.3 is 6.03 Å². The first-order valence-electron chi connectivity index (χ1n) is 9.06. The van der Waals surface area contributed by atoms with Crippen LogP contribution in [0.5, 0.6) is 0 Å². The van der Waals surface area contributed by atoms with Gasteiger partial charge in [-0.1, -0.05) is 23.7 Å². The third kappa shape index (κ3) is 4.49. The fourth-order valence-electron chi connectivity index (χ4n) is 3.24. The molecule has 1 aromatic heterocycles. The van der Waals surface area contributed by atoms with E-state index in [9.17, 15) is 4.79 Å². The molecular weight excluding hydrogens is 350 g/mol. The van der Waals surface area contributed by atoms with Crippen molar-refractivity contribution in [1.29, 1.82) is 0 Å². The van der Waals surface area contributed by atoms with E-state index in [2.05, 4.69) is 47.4 Å². The molecule has 0 aliphatic carbocycles. The van der Waals surface area contributed by atoms with Gasteiger partial charge in [-0.3, -0.25) is 4.68 Å². The number of hydrogen-bond donors (Lipinski definition) is 1. The minimum atomic E-state index is 0.0177. The first-order valence-corrected chi connectivity index (χ1v) is 9.44. The molecule has 2 amide bonds. The van der Waals surface area contributed by atoms with Gasteiger partial charge < -0.3 is 15.1 Å². The normalized spacial score (nSPS) is 14.6. The van der Waals surface area contributed by atoms with Gasteiger partial charge in [0, 0.05) is 51.2 Å². The van der Waals surface area contributed by atoms with Crippen LogP contribution in [0.2, 0.25) is 5.02 Å². The van der Waals surface area contributed by atoms with Crippen LogP contribution in [0.25, 0.3) is 0 Å². The topological polar surface area (TPSA) is 53.4 Å². The average Bonchev–Trinajstić information content (AvgIpc) is 3.06. The van der Waals surface area contributed by atoms with Crippen molar-refractivity contribution in [2.75, 3.05) is 37.6 Å². The van der Waals surface area contributed by atoms with E-state index in [-0.39, 0.29) is 6.03 Å².